The molecule has 1 aliphatic heterocycles. The number of carbonyl (C=O) groups excluding carboxylic acids is 1. The summed E-state index contributed by atoms with van der Waals surface area (Å²) in [6, 6.07) is 0. The molecule has 7 nitrogen and oxygen atoms in total. The Morgan fingerprint density at radius 3 is 2.83 bits per heavy atom. The third-order valence-electron chi connectivity index (χ3n) is 5.26. The number of hydrogen-bond donors (Lipinski definition) is 0. The second-order valence-electron chi connectivity index (χ2n) is 6.96. The fourth-order valence-electron chi connectivity index (χ4n) is 3.96. The molecule has 24 heavy (non-hydrogen) atoms. The van der Waals surface area contributed by atoms with Gasteiger partial charge in [-0.25, -0.2) is 0 Å². The van der Waals surface area contributed by atoms with Crippen LogP contribution < -0.4 is 0 Å². The number of nitrogens with zero attached hydrogens (tertiary/aromatic N) is 5. The Balaban J connectivity index is 1.56. The maximum absolute atomic E-state index is 12.7. The molecule has 7 heteroatoms. The minimum absolute atomic E-state index is 0.268. The van der Waals surface area contributed by atoms with Crippen molar-refractivity contribution in [2.75, 3.05) is 6.54 Å². The number of amides is 1. The Morgan fingerprint density at radius 2 is 2.12 bits per heavy atom. The van der Waals surface area contributed by atoms with Crippen molar-refractivity contribution >= 4 is 5.91 Å². The van der Waals surface area contributed by atoms with Gasteiger partial charge in [0, 0.05) is 44.2 Å². The van der Waals surface area contributed by atoms with E-state index in [4.69, 9.17) is 4.52 Å². The lowest BCUT2D eigenvalue weighted by molar-refractivity contribution is -0.133. The van der Waals surface area contributed by atoms with Crippen molar-refractivity contribution in [3.05, 3.63) is 17.1 Å². The molecule has 0 radical (unpaired) electrons. The molecule has 0 N–H and O–H groups in total. The molecule has 0 bridgehead atoms. The average molecular weight is 329 g/mol. The van der Waals surface area contributed by atoms with Crippen LogP contribution in [0.3, 0.4) is 0 Å². The maximum Gasteiger partial charge on any atom is 0.278 e. The molecule has 0 saturated heterocycles. The molecule has 1 amide bonds. The van der Waals surface area contributed by atoms with E-state index in [1.54, 1.807) is 6.92 Å². The van der Waals surface area contributed by atoms with Gasteiger partial charge in [-0.15, -0.1) is 0 Å². The molecule has 0 spiro atoms. The lowest BCUT2D eigenvalue weighted by Gasteiger charge is -2.28. The smallest absolute Gasteiger partial charge is 0.278 e. The Morgan fingerprint density at radius 1 is 1.33 bits per heavy atom. The van der Waals surface area contributed by atoms with E-state index >= 15 is 0 Å². The highest BCUT2D eigenvalue weighted by molar-refractivity contribution is 5.77. The Kier molecular flexibility index (Phi) is 3.86. The van der Waals surface area contributed by atoms with Crippen LogP contribution in [0.15, 0.2) is 4.52 Å². The topological polar surface area (TPSA) is 77.0 Å². The lowest BCUT2D eigenvalue weighted by atomic mass is 10.0. The van der Waals surface area contributed by atoms with Crippen LogP contribution in [0.4, 0.5) is 0 Å². The number of aromatic nitrogens is 4. The number of carbonyl (C=O) groups is 1. The first-order valence-electron chi connectivity index (χ1n) is 8.75. The minimum atomic E-state index is 0.268. The molecule has 4 rings (SSSR count). The predicted octanol–water partition coefficient (Wildman–Crippen LogP) is 2.24. The van der Waals surface area contributed by atoms with E-state index in [0.717, 1.165) is 24.2 Å². The number of hydrogen-bond acceptors (Lipinski definition) is 5. The zero-order chi connectivity index (χ0) is 16.7. The number of rotatable bonds is 3. The van der Waals surface area contributed by atoms with Gasteiger partial charge < -0.3 is 9.42 Å². The van der Waals surface area contributed by atoms with Crippen LogP contribution in [-0.2, 0) is 24.8 Å². The van der Waals surface area contributed by atoms with Crippen molar-refractivity contribution in [3.63, 3.8) is 0 Å². The standard InChI is InChI=1S/C17H23N5O2/c1-11-18-17(24-20-11)16-13-10-22(8-7-14(13)21(2)19-16)15(23)9-12-5-3-4-6-12/h12H,3-10H2,1-2H3. The summed E-state index contributed by atoms with van der Waals surface area (Å²) in [6.07, 6.45) is 6.44. The third-order valence-corrected chi connectivity index (χ3v) is 5.26. The zero-order valence-corrected chi connectivity index (χ0v) is 14.3. The van der Waals surface area contributed by atoms with Gasteiger partial charge in [0.2, 0.25) is 5.91 Å². The summed E-state index contributed by atoms with van der Waals surface area (Å²) in [5.41, 5.74) is 2.92. The fraction of sp³-hybridized carbons (Fsp3) is 0.647. The molecule has 1 aliphatic carbocycles. The third kappa shape index (κ3) is 2.72. The highest BCUT2D eigenvalue weighted by atomic mass is 16.5. The van der Waals surface area contributed by atoms with Crippen LogP contribution in [0.2, 0.25) is 0 Å². The maximum atomic E-state index is 12.7. The minimum Gasteiger partial charge on any atom is -0.338 e. The van der Waals surface area contributed by atoms with Gasteiger partial charge in [-0.3, -0.25) is 9.48 Å². The average Bonchev–Trinajstić information content (AvgIpc) is 3.29. The van der Waals surface area contributed by atoms with Crippen LogP contribution in [0.25, 0.3) is 11.6 Å². The normalized spacial score (nSPS) is 18.2. The summed E-state index contributed by atoms with van der Waals surface area (Å²) >= 11 is 0. The molecule has 0 atom stereocenters. The largest absolute Gasteiger partial charge is 0.338 e. The molecule has 1 fully saturated rings. The highest BCUT2D eigenvalue weighted by Gasteiger charge is 2.30. The summed E-state index contributed by atoms with van der Waals surface area (Å²) in [4.78, 5) is 18.9. The van der Waals surface area contributed by atoms with E-state index in [9.17, 15) is 4.79 Å². The Hall–Kier alpha value is -2.18. The second kappa shape index (κ2) is 6.03. The van der Waals surface area contributed by atoms with E-state index in [0.29, 0.717) is 36.3 Å². The summed E-state index contributed by atoms with van der Waals surface area (Å²) in [5, 5.41) is 8.41. The first-order chi connectivity index (χ1) is 11.6. The van der Waals surface area contributed by atoms with Gasteiger partial charge in [0.05, 0.1) is 0 Å². The number of fused-ring (bicyclic) bond motifs is 1. The van der Waals surface area contributed by atoms with E-state index in [2.05, 4.69) is 15.2 Å². The molecule has 0 aromatic carbocycles. The summed E-state index contributed by atoms with van der Waals surface area (Å²) in [5.74, 6) is 1.87. The molecular weight excluding hydrogens is 306 g/mol. The van der Waals surface area contributed by atoms with E-state index < -0.39 is 0 Å². The number of aryl methyl sites for hydroxylation is 2. The SMILES string of the molecule is Cc1noc(-c2nn(C)c3c2CN(C(=O)CC2CCCC2)CC3)n1. The second-order valence-corrected chi connectivity index (χ2v) is 6.96. The van der Waals surface area contributed by atoms with Crippen LogP contribution in [0, 0.1) is 12.8 Å². The van der Waals surface area contributed by atoms with Crippen molar-refractivity contribution in [3.8, 4) is 11.6 Å². The Bertz CT molecular complexity index is 757. The van der Waals surface area contributed by atoms with E-state index in [1.165, 1.54) is 25.7 Å². The van der Waals surface area contributed by atoms with Gasteiger partial charge in [-0.05, 0) is 25.7 Å². The molecule has 3 heterocycles. The molecule has 2 aromatic heterocycles. The van der Waals surface area contributed by atoms with Crippen LogP contribution in [0.5, 0.6) is 0 Å². The van der Waals surface area contributed by atoms with Crippen molar-refractivity contribution in [1.82, 2.24) is 24.8 Å². The van der Waals surface area contributed by atoms with Gasteiger partial charge in [0.1, 0.15) is 0 Å². The predicted molar refractivity (Wildman–Crippen MR) is 86.9 cm³/mol. The molecule has 0 unspecified atom stereocenters. The zero-order valence-electron chi connectivity index (χ0n) is 14.3. The van der Waals surface area contributed by atoms with Crippen LogP contribution in [-0.4, -0.2) is 37.3 Å². The monoisotopic (exact) mass is 329 g/mol. The first kappa shape index (κ1) is 15.4. The van der Waals surface area contributed by atoms with Crippen molar-refractivity contribution < 1.29 is 9.32 Å². The molecular formula is C17H23N5O2. The highest BCUT2D eigenvalue weighted by Crippen LogP contribution is 2.31. The van der Waals surface area contributed by atoms with Crippen molar-refractivity contribution in [1.29, 1.82) is 0 Å². The molecule has 128 valence electrons. The van der Waals surface area contributed by atoms with Gasteiger partial charge in [0.25, 0.3) is 5.89 Å². The van der Waals surface area contributed by atoms with Crippen LogP contribution >= 0.6 is 0 Å². The van der Waals surface area contributed by atoms with Gasteiger partial charge in [-0.2, -0.15) is 10.1 Å². The Labute approximate surface area is 141 Å². The quantitative estimate of drug-likeness (QED) is 0.863. The summed E-state index contributed by atoms with van der Waals surface area (Å²) in [6.45, 7) is 3.14. The van der Waals surface area contributed by atoms with E-state index in [1.807, 2.05) is 16.6 Å². The van der Waals surface area contributed by atoms with Crippen molar-refractivity contribution in [2.45, 2.75) is 52.0 Å². The van der Waals surface area contributed by atoms with Gasteiger partial charge in [-0.1, -0.05) is 18.0 Å². The lowest BCUT2D eigenvalue weighted by Crippen LogP contribution is -2.37. The van der Waals surface area contributed by atoms with Crippen LogP contribution in [0.1, 0.15) is 49.2 Å². The summed E-state index contributed by atoms with van der Waals surface area (Å²) in [7, 11) is 1.93. The fourth-order valence-corrected chi connectivity index (χ4v) is 3.96. The molecule has 2 aliphatic rings. The van der Waals surface area contributed by atoms with Crippen molar-refractivity contribution in [2.24, 2.45) is 13.0 Å². The van der Waals surface area contributed by atoms with Gasteiger partial charge >= 0.3 is 0 Å². The molecule has 2 aromatic rings. The molecule has 1 saturated carbocycles. The summed E-state index contributed by atoms with van der Waals surface area (Å²) < 4.78 is 7.17. The first-order valence-corrected chi connectivity index (χ1v) is 8.75. The van der Waals surface area contributed by atoms with Gasteiger partial charge in [0.15, 0.2) is 11.5 Å². The van der Waals surface area contributed by atoms with E-state index in [-0.39, 0.29) is 5.91 Å².